The number of anilines is 1. The molecule has 0 radical (unpaired) electrons. The van der Waals surface area contributed by atoms with E-state index in [4.69, 9.17) is 5.73 Å². The number of carbonyl (C=O) groups excluding carboxylic acids is 1. The van der Waals surface area contributed by atoms with Crippen molar-refractivity contribution in [3.8, 4) is 0 Å². The van der Waals surface area contributed by atoms with Crippen molar-refractivity contribution in [3.05, 3.63) is 11.8 Å². The maximum atomic E-state index is 11.6. The van der Waals surface area contributed by atoms with Crippen LogP contribution in [-0.2, 0) is 6.54 Å². The van der Waals surface area contributed by atoms with Crippen molar-refractivity contribution in [2.45, 2.75) is 32.4 Å². The molecule has 14 heavy (non-hydrogen) atoms. The summed E-state index contributed by atoms with van der Waals surface area (Å²) in [6.45, 7) is 2.68. The van der Waals surface area contributed by atoms with Gasteiger partial charge >= 0.3 is 0 Å². The molecule has 1 aromatic heterocycles. The highest BCUT2D eigenvalue weighted by Crippen LogP contribution is 2.20. The van der Waals surface area contributed by atoms with Gasteiger partial charge in [-0.3, -0.25) is 9.48 Å². The van der Waals surface area contributed by atoms with Crippen LogP contribution in [0.3, 0.4) is 0 Å². The number of hydrogen-bond acceptors (Lipinski definition) is 3. The molecule has 76 valence electrons. The molecule has 1 saturated carbocycles. The van der Waals surface area contributed by atoms with E-state index in [-0.39, 0.29) is 5.91 Å². The second-order valence-electron chi connectivity index (χ2n) is 3.53. The fourth-order valence-electron chi connectivity index (χ4n) is 1.26. The molecule has 0 unspecified atom stereocenters. The molecule has 1 aliphatic rings. The van der Waals surface area contributed by atoms with Crippen LogP contribution in [-0.4, -0.2) is 21.7 Å². The molecule has 5 nitrogen and oxygen atoms in total. The molecule has 1 heterocycles. The smallest absolute Gasteiger partial charge is 0.256 e. The van der Waals surface area contributed by atoms with Gasteiger partial charge in [0.05, 0.1) is 0 Å². The van der Waals surface area contributed by atoms with Crippen LogP contribution in [0.25, 0.3) is 0 Å². The first-order valence-electron chi connectivity index (χ1n) is 4.84. The molecule has 3 N–H and O–H groups in total. The lowest BCUT2D eigenvalue weighted by atomic mass is 10.3. The Labute approximate surface area is 82.3 Å². The standard InChI is InChI=1S/C9H14N4O/c1-2-13-5-7(8(10)12-13)9(14)11-6-3-4-6/h5-6H,2-4H2,1H3,(H2,10,12)(H,11,14). The molecule has 1 amide bonds. The molecule has 1 aromatic rings. The number of amides is 1. The quantitative estimate of drug-likeness (QED) is 0.730. The van der Waals surface area contributed by atoms with Gasteiger partial charge in [0.1, 0.15) is 5.56 Å². The summed E-state index contributed by atoms with van der Waals surface area (Å²) in [6, 6.07) is 0.354. The molecule has 0 aliphatic heterocycles. The summed E-state index contributed by atoms with van der Waals surface area (Å²) in [5.74, 6) is 0.203. The minimum absolute atomic E-state index is 0.107. The van der Waals surface area contributed by atoms with Gasteiger partial charge in [-0.15, -0.1) is 0 Å². The third kappa shape index (κ3) is 1.71. The van der Waals surface area contributed by atoms with Gasteiger partial charge in [0, 0.05) is 18.8 Å². The van der Waals surface area contributed by atoms with Crippen LogP contribution in [0.4, 0.5) is 5.82 Å². The Kier molecular flexibility index (Phi) is 2.15. The molecule has 0 aromatic carbocycles. The predicted molar refractivity (Wildman–Crippen MR) is 52.8 cm³/mol. The molecule has 1 fully saturated rings. The fourth-order valence-corrected chi connectivity index (χ4v) is 1.26. The van der Waals surface area contributed by atoms with E-state index in [1.807, 2.05) is 6.92 Å². The first kappa shape index (κ1) is 9.05. The van der Waals surface area contributed by atoms with Gasteiger partial charge < -0.3 is 11.1 Å². The minimum atomic E-state index is -0.107. The molecule has 0 saturated heterocycles. The van der Waals surface area contributed by atoms with Crippen molar-refractivity contribution < 1.29 is 4.79 Å². The average Bonchev–Trinajstić information content (AvgIpc) is 2.87. The Balaban J connectivity index is 2.12. The number of nitrogen functional groups attached to an aromatic ring is 1. The van der Waals surface area contributed by atoms with E-state index >= 15 is 0 Å². The van der Waals surface area contributed by atoms with Crippen molar-refractivity contribution in [2.75, 3.05) is 5.73 Å². The summed E-state index contributed by atoms with van der Waals surface area (Å²) in [4.78, 5) is 11.6. The second-order valence-corrected chi connectivity index (χ2v) is 3.53. The highest BCUT2D eigenvalue weighted by molar-refractivity contribution is 5.98. The Morgan fingerprint density at radius 2 is 2.50 bits per heavy atom. The van der Waals surface area contributed by atoms with Crippen LogP contribution in [0.5, 0.6) is 0 Å². The van der Waals surface area contributed by atoms with Gasteiger partial charge in [0.25, 0.3) is 5.91 Å². The molecular formula is C9H14N4O. The maximum absolute atomic E-state index is 11.6. The van der Waals surface area contributed by atoms with E-state index < -0.39 is 0 Å². The summed E-state index contributed by atoms with van der Waals surface area (Å²) in [7, 11) is 0. The lowest BCUT2D eigenvalue weighted by Crippen LogP contribution is -2.25. The maximum Gasteiger partial charge on any atom is 0.256 e. The second kappa shape index (κ2) is 3.32. The van der Waals surface area contributed by atoms with Gasteiger partial charge in [-0.25, -0.2) is 0 Å². The minimum Gasteiger partial charge on any atom is -0.382 e. The number of carbonyl (C=O) groups is 1. The molecule has 0 bridgehead atoms. The molecule has 5 heteroatoms. The van der Waals surface area contributed by atoms with Gasteiger partial charge in [0.15, 0.2) is 5.82 Å². The molecule has 1 aliphatic carbocycles. The van der Waals surface area contributed by atoms with E-state index in [1.54, 1.807) is 10.9 Å². The van der Waals surface area contributed by atoms with Gasteiger partial charge in [-0.1, -0.05) is 0 Å². The zero-order valence-corrected chi connectivity index (χ0v) is 8.16. The Morgan fingerprint density at radius 3 is 3.00 bits per heavy atom. The van der Waals surface area contributed by atoms with E-state index in [2.05, 4.69) is 10.4 Å². The molecule has 0 spiro atoms. The highest BCUT2D eigenvalue weighted by Gasteiger charge is 2.25. The number of rotatable bonds is 3. The molecule has 0 atom stereocenters. The van der Waals surface area contributed by atoms with Crippen molar-refractivity contribution in [2.24, 2.45) is 0 Å². The zero-order valence-electron chi connectivity index (χ0n) is 8.16. The number of nitrogens with one attached hydrogen (secondary N) is 1. The van der Waals surface area contributed by atoms with E-state index in [9.17, 15) is 4.79 Å². The van der Waals surface area contributed by atoms with Crippen LogP contribution in [0.2, 0.25) is 0 Å². The van der Waals surface area contributed by atoms with Crippen LogP contribution in [0.15, 0.2) is 6.20 Å². The number of aryl methyl sites for hydroxylation is 1. The molecular weight excluding hydrogens is 180 g/mol. The number of hydrogen-bond donors (Lipinski definition) is 2. The van der Waals surface area contributed by atoms with Crippen LogP contribution < -0.4 is 11.1 Å². The van der Waals surface area contributed by atoms with Crippen molar-refractivity contribution in [1.82, 2.24) is 15.1 Å². The van der Waals surface area contributed by atoms with Gasteiger partial charge in [0.2, 0.25) is 0 Å². The highest BCUT2D eigenvalue weighted by atomic mass is 16.1. The summed E-state index contributed by atoms with van der Waals surface area (Å²) in [5.41, 5.74) is 6.11. The third-order valence-corrected chi connectivity index (χ3v) is 2.27. The fraction of sp³-hybridized carbons (Fsp3) is 0.556. The van der Waals surface area contributed by atoms with Crippen molar-refractivity contribution >= 4 is 11.7 Å². The lowest BCUT2D eigenvalue weighted by molar-refractivity contribution is 0.0952. The van der Waals surface area contributed by atoms with Crippen molar-refractivity contribution in [3.63, 3.8) is 0 Å². The lowest BCUT2D eigenvalue weighted by Gasteiger charge is -1.99. The zero-order chi connectivity index (χ0) is 10.1. The predicted octanol–water partition coefficient (Wildman–Crippen LogP) is 0.377. The normalized spacial score (nSPS) is 15.5. The average molecular weight is 194 g/mol. The van der Waals surface area contributed by atoms with E-state index in [1.165, 1.54) is 0 Å². The Hall–Kier alpha value is -1.52. The number of nitrogens with two attached hydrogens (primary N) is 1. The van der Waals surface area contributed by atoms with Crippen molar-refractivity contribution in [1.29, 1.82) is 0 Å². The van der Waals surface area contributed by atoms with E-state index in [0.29, 0.717) is 17.4 Å². The number of nitrogens with zero attached hydrogens (tertiary/aromatic N) is 2. The Morgan fingerprint density at radius 1 is 1.79 bits per heavy atom. The first-order valence-corrected chi connectivity index (χ1v) is 4.84. The monoisotopic (exact) mass is 194 g/mol. The largest absolute Gasteiger partial charge is 0.382 e. The summed E-state index contributed by atoms with van der Waals surface area (Å²) in [5, 5.41) is 6.89. The Bertz CT molecular complexity index is 354. The van der Waals surface area contributed by atoms with Gasteiger partial charge in [-0.05, 0) is 19.8 Å². The topological polar surface area (TPSA) is 72.9 Å². The van der Waals surface area contributed by atoms with Crippen LogP contribution in [0.1, 0.15) is 30.1 Å². The van der Waals surface area contributed by atoms with Crippen LogP contribution in [0, 0.1) is 0 Å². The summed E-state index contributed by atoms with van der Waals surface area (Å²) < 4.78 is 1.66. The SMILES string of the molecule is CCn1cc(C(=O)NC2CC2)c(N)n1. The van der Waals surface area contributed by atoms with E-state index in [0.717, 1.165) is 19.4 Å². The van der Waals surface area contributed by atoms with Crippen LogP contribution >= 0.6 is 0 Å². The third-order valence-electron chi connectivity index (χ3n) is 2.27. The van der Waals surface area contributed by atoms with Gasteiger partial charge in [-0.2, -0.15) is 5.10 Å². The summed E-state index contributed by atoms with van der Waals surface area (Å²) in [6.07, 6.45) is 3.84. The molecule has 2 rings (SSSR count). The summed E-state index contributed by atoms with van der Waals surface area (Å²) >= 11 is 0. The first-order chi connectivity index (χ1) is 6.70. The number of aromatic nitrogens is 2.